The Morgan fingerprint density at radius 2 is 1.95 bits per heavy atom. The molecular formula is C15H23N3OS. The number of hydrogen-bond acceptors (Lipinski definition) is 3. The minimum absolute atomic E-state index is 0.687. The van der Waals surface area contributed by atoms with Crippen molar-refractivity contribution in [1.82, 2.24) is 9.80 Å². The molecule has 5 heteroatoms. The highest BCUT2D eigenvalue weighted by Gasteiger charge is 2.14. The van der Waals surface area contributed by atoms with Gasteiger partial charge in [0.05, 0.1) is 6.61 Å². The quantitative estimate of drug-likeness (QED) is 0.864. The Labute approximate surface area is 126 Å². The number of anilines is 1. The van der Waals surface area contributed by atoms with Gasteiger partial charge in [-0.25, -0.2) is 0 Å². The third-order valence-corrected chi connectivity index (χ3v) is 3.78. The molecule has 0 atom stereocenters. The summed E-state index contributed by atoms with van der Waals surface area (Å²) < 4.78 is 5.43. The fourth-order valence-electron chi connectivity index (χ4n) is 2.25. The van der Waals surface area contributed by atoms with Crippen molar-refractivity contribution in [3.8, 4) is 5.75 Å². The molecule has 1 aromatic carbocycles. The zero-order chi connectivity index (χ0) is 14.4. The number of benzene rings is 1. The number of hydrogen-bond donors (Lipinski definition) is 1. The van der Waals surface area contributed by atoms with Crippen LogP contribution in [0.1, 0.15) is 13.3 Å². The lowest BCUT2D eigenvalue weighted by Gasteiger charge is -2.24. The van der Waals surface area contributed by atoms with Gasteiger partial charge in [0.1, 0.15) is 5.75 Å². The molecule has 1 aliphatic rings. The molecule has 0 saturated carbocycles. The lowest BCUT2D eigenvalue weighted by atomic mass is 10.3. The Balaban J connectivity index is 1.90. The van der Waals surface area contributed by atoms with Gasteiger partial charge in [-0.05, 0) is 63.4 Å². The van der Waals surface area contributed by atoms with E-state index in [-0.39, 0.29) is 0 Å². The van der Waals surface area contributed by atoms with Crippen LogP contribution in [0.15, 0.2) is 24.3 Å². The highest BCUT2D eigenvalue weighted by molar-refractivity contribution is 7.80. The van der Waals surface area contributed by atoms with E-state index in [1.54, 1.807) is 0 Å². The van der Waals surface area contributed by atoms with Crippen LogP contribution in [0, 0.1) is 0 Å². The second-order valence-corrected chi connectivity index (χ2v) is 5.42. The van der Waals surface area contributed by atoms with Crippen molar-refractivity contribution in [3.63, 3.8) is 0 Å². The summed E-state index contributed by atoms with van der Waals surface area (Å²) >= 11 is 5.50. The SMILES string of the molecule is CCOc1ccc(NC(=S)N2CCCN(C)CC2)cc1. The Morgan fingerprint density at radius 3 is 2.65 bits per heavy atom. The first-order valence-electron chi connectivity index (χ1n) is 7.16. The normalized spacial score (nSPS) is 16.6. The van der Waals surface area contributed by atoms with Gasteiger partial charge in [-0.2, -0.15) is 0 Å². The second kappa shape index (κ2) is 7.45. The van der Waals surface area contributed by atoms with Crippen LogP contribution in [0.5, 0.6) is 5.75 Å². The van der Waals surface area contributed by atoms with Crippen LogP contribution in [-0.2, 0) is 0 Å². The lowest BCUT2D eigenvalue weighted by Crippen LogP contribution is -2.37. The third-order valence-electron chi connectivity index (χ3n) is 3.42. The van der Waals surface area contributed by atoms with Crippen LogP contribution in [0.2, 0.25) is 0 Å². The van der Waals surface area contributed by atoms with Gasteiger partial charge in [0.15, 0.2) is 5.11 Å². The first-order chi connectivity index (χ1) is 9.69. The maximum atomic E-state index is 5.50. The highest BCUT2D eigenvalue weighted by Crippen LogP contribution is 2.16. The standard InChI is InChI=1S/C15H23N3OS/c1-3-19-14-7-5-13(6-8-14)16-15(20)18-10-4-9-17(2)11-12-18/h5-8H,3-4,9-12H2,1-2H3,(H,16,20). The molecule has 0 amide bonds. The molecule has 0 bridgehead atoms. The number of ether oxygens (including phenoxy) is 1. The van der Waals surface area contributed by atoms with Gasteiger partial charge in [-0.1, -0.05) is 0 Å². The van der Waals surface area contributed by atoms with Crippen LogP contribution in [0.3, 0.4) is 0 Å². The number of likely N-dealkylation sites (N-methyl/N-ethyl adjacent to an activating group) is 1. The van der Waals surface area contributed by atoms with Crippen molar-refractivity contribution in [2.75, 3.05) is 45.2 Å². The summed E-state index contributed by atoms with van der Waals surface area (Å²) in [7, 11) is 2.16. The average Bonchev–Trinajstić information content (AvgIpc) is 2.66. The van der Waals surface area contributed by atoms with Crippen LogP contribution in [-0.4, -0.2) is 54.7 Å². The molecule has 1 aliphatic heterocycles. The van der Waals surface area contributed by atoms with Crippen molar-refractivity contribution in [2.45, 2.75) is 13.3 Å². The van der Waals surface area contributed by atoms with Crippen LogP contribution < -0.4 is 10.1 Å². The summed E-state index contributed by atoms with van der Waals surface area (Å²) in [4.78, 5) is 4.59. The van der Waals surface area contributed by atoms with E-state index in [2.05, 4.69) is 22.2 Å². The van der Waals surface area contributed by atoms with E-state index in [1.807, 2.05) is 31.2 Å². The van der Waals surface area contributed by atoms with Crippen molar-refractivity contribution in [2.24, 2.45) is 0 Å². The van der Waals surface area contributed by atoms with Crippen molar-refractivity contribution in [3.05, 3.63) is 24.3 Å². The molecule has 0 aliphatic carbocycles. The van der Waals surface area contributed by atoms with E-state index in [1.165, 1.54) is 0 Å². The summed E-state index contributed by atoms with van der Waals surface area (Å²) in [5, 5.41) is 4.12. The third kappa shape index (κ3) is 4.35. The van der Waals surface area contributed by atoms with Gasteiger partial charge in [-0.15, -0.1) is 0 Å². The molecule has 1 aromatic rings. The van der Waals surface area contributed by atoms with E-state index in [9.17, 15) is 0 Å². The molecular weight excluding hydrogens is 270 g/mol. The average molecular weight is 293 g/mol. The summed E-state index contributed by atoms with van der Waals surface area (Å²) in [5.74, 6) is 0.889. The molecule has 4 nitrogen and oxygen atoms in total. The molecule has 110 valence electrons. The van der Waals surface area contributed by atoms with E-state index >= 15 is 0 Å². The van der Waals surface area contributed by atoms with Crippen molar-refractivity contribution >= 4 is 23.0 Å². The van der Waals surface area contributed by atoms with Gasteiger partial charge in [0, 0.05) is 25.3 Å². The van der Waals surface area contributed by atoms with Gasteiger partial charge in [-0.3, -0.25) is 0 Å². The summed E-state index contributed by atoms with van der Waals surface area (Å²) in [6, 6.07) is 7.93. The maximum absolute atomic E-state index is 5.50. The molecule has 2 rings (SSSR count). The summed E-state index contributed by atoms with van der Waals surface area (Å²) in [6.07, 6.45) is 1.15. The maximum Gasteiger partial charge on any atom is 0.173 e. The Hall–Kier alpha value is -1.33. The van der Waals surface area contributed by atoms with Crippen LogP contribution in [0.4, 0.5) is 5.69 Å². The number of nitrogens with zero attached hydrogens (tertiary/aromatic N) is 2. The van der Waals surface area contributed by atoms with Gasteiger partial charge in [0.2, 0.25) is 0 Å². The highest BCUT2D eigenvalue weighted by atomic mass is 32.1. The zero-order valence-electron chi connectivity index (χ0n) is 12.3. The number of rotatable bonds is 3. The molecule has 1 heterocycles. The molecule has 1 saturated heterocycles. The number of thiocarbonyl (C=S) groups is 1. The molecule has 1 fully saturated rings. The van der Waals surface area contributed by atoms with E-state index in [0.717, 1.165) is 49.1 Å². The first-order valence-corrected chi connectivity index (χ1v) is 7.57. The topological polar surface area (TPSA) is 27.7 Å². The lowest BCUT2D eigenvalue weighted by molar-refractivity contribution is 0.340. The molecule has 0 radical (unpaired) electrons. The number of nitrogens with one attached hydrogen (secondary N) is 1. The molecule has 1 N–H and O–H groups in total. The Morgan fingerprint density at radius 1 is 1.20 bits per heavy atom. The summed E-state index contributed by atoms with van der Waals surface area (Å²) in [5.41, 5.74) is 1.01. The molecule has 0 aromatic heterocycles. The fraction of sp³-hybridized carbons (Fsp3) is 0.533. The first kappa shape index (κ1) is 15.1. The van der Waals surface area contributed by atoms with E-state index < -0.39 is 0 Å². The van der Waals surface area contributed by atoms with Gasteiger partial charge >= 0.3 is 0 Å². The smallest absolute Gasteiger partial charge is 0.173 e. The van der Waals surface area contributed by atoms with E-state index in [0.29, 0.717) is 6.61 Å². The Bertz CT molecular complexity index is 435. The molecule has 0 spiro atoms. The minimum atomic E-state index is 0.687. The predicted molar refractivity (Wildman–Crippen MR) is 87.5 cm³/mol. The predicted octanol–water partition coefficient (Wildman–Crippen LogP) is 2.42. The van der Waals surface area contributed by atoms with Crippen molar-refractivity contribution < 1.29 is 4.74 Å². The molecule has 20 heavy (non-hydrogen) atoms. The van der Waals surface area contributed by atoms with Crippen LogP contribution in [0.25, 0.3) is 0 Å². The summed E-state index contributed by atoms with van der Waals surface area (Å²) in [6.45, 7) is 6.88. The van der Waals surface area contributed by atoms with Crippen LogP contribution >= 0.6 is 12.2 Å². The van der Waals surface area contributed by atoms with E-state index in [4.69, 9.17) is 17.0 Å². The molecule has 0 unspecified atom stereocenters. The largest absolute Gasteiger partial charge is 0.494 e. The Kier molecular flexibility index (Phi) is 5.61. The monoisotopic (exact) mass is 293 g/mol. The van der Waals surface area contributed by atoms with Crippen molar-refractivity contribution in [1.29, 1.82) is 0 Å². The fourth-order valence-corrected chi connectivity index (χ4v) is 2.55. The minimum Gasteiger partial charge on any atom is -0.494 e. The second-order valence-electron chi connectivity index (χ2n) is 5.03. The van der Waals surface area contributed by atoms with Gasteiger partial charge in [0.25, 0.3) is 0 Å². The zero-order valence-corrected chi connectivity index (χ0v) is 13.1. The van der Waals surface area contributed by atoms with Gasteiger partial charge < -0.3 is 19.9 Å².